The van der Waals surface area contributed by atoms with Crippen LogP contribution in [0, 0.1) is 0 Å². The van der Waals surface area contributed by atoms with E-state index >= 15 is 0 Å². The van der Waals surface area contributed by atoms with Gasteiger partial charge >= 0.3 is 0 Å². The minimum absolute atomic E-state index is 0.305. The van der Waals surface area contributed by atoms with E-state index in [4.69, 9.17) is 4.52 Å². The topological polar surface area (TPSA) is 54.2 Å². The van der Waals surface area contributed by atoms with Crippen molar-refractivity contribution < 1.29 is 4.52 Å². The summed E-state index contributed by atoms with van der Waals surface area (Å²) in [5.74, 6) is 1.82. The highest BCUT2D eigenvalue weighted by molar-refractivity contribution is 4.91. The molecule has 0 aromatic carbocycles. The summed E-state index contributed by atoms with van der Waals surface area (Å²) in [6, 6.07) is 0.598. The normalized spacial score (nSPS) is 21.2. The minimum Gasteiger partial charge on any atom is -0.339 e. The van der Waals surface area contributed by atoms with Gasteiger partial charge in [0.25, 0.3) is 0 Å². The summed E-state index contributed by atoms with van der Waals surface area (Å²) in [6.07, 6.45) is 1.20. The first kappa shape index (κ1) is 11.5. The van der Waals surface area contributed by atoms with Crippen molar-refractivity contribution in [3.8, 4) is 0 Å². The quantitative estimate of drug-likeness (QED) is 0.826. The van der Waals surface area contributed by atoms with Crippen LogP contribution in [0.1, 0.15) is 37.9 Å². The Morgan fingerprint density at radius 3 is 2.94 bits per heavy atom. The molecule has 16 heavy (non-hydrogen) atoms. The van der Waals surface area contributed by atoms with Crippen molar-refractivity contribution in [2.45, 2.75) is 38.8 Å². The van der Waals surface area contributed by atoms with Crippen LogP contribution >= 0.6 is 0 Å². The van der Waals surface area contributed by atoms with Gasteiger partial charge in [-0.05, 0) is 20.0 Å². The van der Waals surface area contributed by atoms with Crippen LogP contribution in [0.3, 0.4) is 0 Å². The fourth-order valence-corrected chi connectivity index (χ4v) is 1.93. The predicted molar refractivity (Wildman–Crippen MR) is 61.1 cm³/mol. The molecule has 0 radical (unpaired) electrons. The smallest absolute Gasteiger partial charge is 0.229 e. The Hall–Kier alpha value is -0.940. The fourth-order valence-electron chi connectivity index (χ4n) is 1.93. The van der Waals surface area contributed by atoms with Gasteiger partial charge in [0.1, 0.15) is 0 Å². The summed E-state index contributed by atoms with van der Waals surface area (Å²) in [6.45, 7) is 7.05. The van der Waals surface area contributed by atoms with Crippen LogP contribution in [0.15, 0.2) is 4.52 Å². The van der Waals surface area contributed by atoms with E-state index in [0.717, 1.165) is 31.3 Å². The van der Waals surface area contributed by atoms with Gasteiger partial charge in [0.2, 0.25) is 5.89 Å². The van der Waals surface area contributed by atoms with Crippen molar-refractivity contribution in [2.75, 3.05) is 20.1 Å². The van der Waals surface area contributed by atoms with Gasteiger partial charge in [-0.15, -0.1) is 0 Å². The molecular weight excluding hydrogens is 204 g/mol. The molecule has 0 amide bonds. The maximum absolute atomic E-state index is 5.19. The van der Waals surface area contributed by atoms with E-state index in [0.29, 0.717) is 12.0 Å². The van der Waals surface area contributed by atoms with Crippen LogP contribution in [-0.4, -0.2) is 41.2 Å². The molecule has 1 aromatic rings. The van der Waals surface area contributed by atoms with Crippen molar-refractivity contribution in [3.63, 3.8) is 0 Å². The summed E-state index contributed by atoms with van der Waals surface area (Å²) in [5.41, 5.74) is 0. The van der Waals surface area contributed by atoms with E-state index in [2.05, 4.69) is 41.3 Å². The molecule has 0 bridgehead atoms. The lowest BCUT2D eigenvalue weighted by Crippen LogP contribution is -2.33. The SMILES string of the molecule is CC(C)c1nc(CN(C)C2CCNC2)no1. The van der Waals surface area contributed by atoms with E-state index < -0.39 is 0 Å². The van der Waals surface area contributed by atoms with E-state index in [-0.39, 0.29) is 0 Å². The Bertz CT molecular complexity index is 330. The second-order valence-corrected chi connectivity index (χ2v) is 4.77. The molecule has 1 unspecified atom stereocenters. The van der Waals surface area contributed by atoms with E-state index in [1.54, 1.807) is 0 Å². The maximum Gasteiger partial charge on any atom is 0.229 e. The zero-order valence-electron chi connectivity index (χ0n) is 10.2. The molecule has 2 heterocycles. The first-order valence-electron chi connectivity index (χ1n) is 5.90. The summed E-state index contributed by atoms with van der Waals surface area (Å²) in [7, 11) is 2.11. The monoisotopic (exact) mass is 224 g/mol. The molecule has 1 atom stereocenters. The molecule has 1 fully saturated rings. The van der Waals surface area contributed by atoms with Crippen LogP contribution in [0.25, 0.3) is 0 Å². The van der Waals surface area contributed by atoms with Gasteiger partial charge < -0.3 is 9.84 Å². The van der Waals surface area contributed by atoms with Gasteiger partial charge in [0.05, 0.1) is 6.54 Å². The molecule has 5 heteroatoms. The molecule has 0 saturated carbocycles. The summed E-state index contributed by atoms with van der Waals surface area (Å²) in [5, 5.41) is 7.36. The third-order valence-electron chi connectivity index (χ3n) is 3.03. The molecule has 5 nitrogen and oxygen atoms in total. The summed E-state index contributed by atoms with van der Waals surface area (Å²) >= 11 is 0. The second kappa shape index (κ2) is 4.93. The average molecular weight is 224 g/mol. The molecule has 90 valence electrons. The zero-order chi connectivity index (χ0) is 11.5. The number of aromatic nitrogens is 2. The van der Waals surface area contributed by atoms with E-state index in [1.165, 1.54) is 6.42 Å². The first-order valence-corrected chi connectivity index (χ1v) is 5.90. The van der Waals surface area contributed by atoms with Gasteiger partial charge in [-0.25, -0.2) is 0 Å². The molecule has 1 N–H and O–H groups in total. The second-order valence-electron chi connectivity index (χ2n) is 4.77. The Balaban J connectivity index is 1.92. The van der Waals surface area contributed by atoms with Crippen molar-refractivity contribution in [2.24, 2.45) is 0 Å². The molecule has 1 aromatic heterocycles. The predicted octanol–water partition coefficient (Wildman–Crippen LogP) is 0.987. The Labute approximate surface area is 96.2 Å². The van der Waals surface area contributed by atoms with Crippen molar-refractivity contribution in [1.29, 1.82) is 0 Å². The van der Waals surface area contributed by atoms with Crippen molar-refractivity contribution in [1.82, 2.24) is 20.4 Å². The van der Waals surface area contributed by atoms with Crippen LogP contribution < -0.4 is 5.32 Å². The van der Waals surface area contributed by atoms with Crippen molar-refractivity contribution in [3.05, 3.63) is 11.7 Å². The zero-order valence-corrected chi connectivity index (χ0v) is 10.2. The van der Waals surface area contributed by atoms with Gasteiger partial charge in [0, 0.05) is 18.5 Å². The van der Waals surface area contributed by atoms with Crippen LogP contribution in [0.4, 0.5) is 0 Å². The molecule has 1 aliphatic heterocycles. The number of likely N-dealkylation sites (N-methyl/N-ethyl adjacent to an activating group) is 1. The minimum atomic E-state index is 0.305. The lowest BCUT2D eigenvalue weighted by atomic mass is 10.2. The largest absolute Gasteiger partial charge is 0.339 e. The standard InChI is InChI=1S/C11H20N4O/c1-8(2)11-13-10(14-16-11)7-15(3)9-4-5-12-6-9/h8-9,12H,4-7H2,1-3H3. The van der Waals surface area contributed by atoms with Crippen LogP contribution in [0.5, 0.6) is 0 Å². The van der Waals surface area contributed by atoms with E-state index in [1.807, 2.05) is 0 Å². The highest BCUT2D eigenvalue weighted by Crippen LogP contribution is 2.13. The summed E-state index contributed by atoms with van der Waals surface area (Å²) in [4.78, 5) is 6.67. The van der Waals surface area contributed by atoms with Gasteiger partial charge in [-0.2, -0.15) is 4.98 Å². The van der Waals surface area contributed by atoms with Gasteiger partial charge in [-0.3, -0.25) is 4.90 Å². The third kappa shape index (κ3) is 2.59. The van der Waals surface area contributed by atoms with E-state index in [9.17, 15) is 0 Å². The van der Waals surface area contributed by atoms with Crippen LogP contribution in [-0.2, 0) is 6.54 Å². The number of hydrogen-bond acceptors (Lipinski definition) is 5. The van der Waals surface area contributed by atoms with Crippen molar-refractivity contribution >= 4 is 0 Å². The number of nitrogens with one attached hydrogen (secondary N) is 1. The molecular formula is C11H20N4O. The lowest BCUT2D eigenvalue weighted by Gasteiger charge is -2.21. The lowest BCUT2D eigenvalue weighted by molar-refractivity contribution is 0.238. The van der Waals surface area contributed by atoms with Crippen LogP contribution in [0.2, 0.25) is 0 Å². The fraction of sp³-hybridized carbons (Fsp3) is 0.818. The average Bonchev–Trinajstić information content (AvgIpc) is 2.87. The number of hydrogen-bond donors (Lipinski definition) is 1. The van der Waals surface area contributed by atoms with Gasteiger partial charge in [-0.1, -0.05) is 19.0 Å². The highest BCUT2D eigenvalue weighted by atomic mass is 16.5. The molecule has 0 aliphatic carbocycles. The third-order valence-corrected chi connectivity index (χ3v) is 3.03. The molecule has 2 rings (SSSR count). The molecule has 1 saturated heterocycles. The highest BCUT2D eigenvalue weighted by Gasteiger charge is 2.21. The number of nitrogens with zero attached hydrogens (tertiary/aromatic N) is 3. The molecule has 0 spiro atoms. The Kier molecular flexibility index (Phi) is 3.56. The Morgan fingerprint density at radius 1 is 1.56 bits per heavy atom. The number of rotatable bonds is 4. The van der Waals surface area contributed by atoms with Gasteiger partial charge in [0.15, 0.2) is 5.82 Å². The first-order chi connectivity index (χ1) is 7.66. The summed E-state index contributed by atoms with van der Waals surface area (Å²) < 4.78 is 5.19. The Morgan fingerprint density at radius 2 is 2.38 bits per heavy atom. The maximum atomic E-state index is 5.19. The molecule has 1 aliphatic rings.